The average Bonchev–Trinajstić information content (AvgIpc) is 2.37. The van der Waals surface area contributed by atoms with Crippen molar-refractivity contribution in [3.63, 3.8) is 0 Å². The molecule has 108 valence electrons. The van der Waals surface area contributed by atoms with Gasteiger partial charge in [0.1, 0.15) is 0 Å². The first-order chi connectivity index (χ1) is 9.08. The van der Waals surface area contributed by atoms with Crippen LogP contribution in [0.1, 0.15) is 26.7 Å². The van der Waals surface area contributed by atoms with E-state index in [1.165, 1.54) is 0 Å². The summed E-state index contributed by atoms with van der Waals surface area (Å²) in [4.78, 5) is 25.5. The molecule has 0 aromatic heterocycles. The Morgan fingerprint density at radius 2 is 1.89 bits per heavy atom. The summed E-state index contributed by atoms with van der Waals surface area (Å²) in [5.41, 5.74) is 0. The van der Waals surface area contributed by atoms with Crippen LogP contribution in [0.4, 0.5) is 0 Å². The van der Waals surface area contributed by atoms with Crippen molar-refractivity contribution in [2.24, 2.45) is 17.8 Å². The molecule has 2 rings (SSSR count). The molecule has 2 fully saturated rings. The normalized spacial score (nSPS) is 21.3. The minimum absolute atomic E-state index is 0.0278. The summed E-state index contributed by atoms with van der Waals surface area (Å²) in [5, 5.41) is 2.93. The van der Waals surface area contributed by atoms with Crippen molar-refractivity contribution in [1.29, 1.82) is 0 Å². The van der Waals surface area contributed by atoms with E-state index in [1.807, 2.05) is 18.7 Å². The Morgan fingerprint density at radius 1 is 1.26 bits per heavy atom. The van der Waals surface area contributed by atoms with Crippen LogP contribution in [0.3, 0.4) is 0 Å². The monoisotopic (exact) mass is 268 g/mol. The molecule has 2 amide bonds. The Hall–Kier alpha value is -1.10. The summed E-state index contributed by atoms with van der Waals surface area (Å²) in [7, 11) is 0. The number of likely N-dealkylation sites (tertiary alicyclic amines) is 1. The predicted molar refractivity (Wildman–Crippen MR) is 71.5 cm³/mol. The molecule has 19 heavy (non-hydrogen) atoms. The van der Waals surface area contributed by atoms with Gasteiger partial charge in [-0.1, -0.05) is 13.8 Å². The molecule has 2 aliphatic rings. The lowest BCUT2D eigenvalue weighted by molar-refractivity contribution is -0.145. The van der Waals surface area contributed by atoms with E-state index in [9.17, 15) is 9.59 Å². The van der Waals surface area contributed by atoms with Gasteiger partial charge in [-0.15, -0.1) is 0 Å². The molecule has 2 saturated heterocycles. The summed E-state index contributed by atoms with van der Waals surface area (Å²) in [6.45, 7) is 7.45. The molecular weight excluding hydrogens is 244 g/mol. The van der Waals surface area contributed by atoms with Gasteiger partial charge in [-0.3, -0.25) is 9.59 Å². The highest BCUT2D eigenvalue weighted by molar-refractivity contribution is 5.80. The average molecular weight is 268 g/mol. The third kappa shape index (κ3) is 3.69. The maximum Gasteiger partial charge on any atom is 0.225 e. The number of carbonyl (C=O) groups is 2. The van der Waals surface area contributed by atoms with E-state index in [0.717, 1.165) is 25.9 Å². The molecule has 5 heteroatoms. The molecular formula is C14H24N2O3. The molecule has 0 bridgehead atoms. The topological polar surface area (TPSA) is 58.6 Å². The summed E-state index contributed by atoms with van der Waals surface area (Å²) in [5.74, 6) is 0.968. The van der Waals surface area contributed by atoms with E-state index >= 15 is 0 Å². The molecule has 1 N–H and O–H groups in total. The summed E-state index contributed by atoms with van der Waals surface area (Å²) in [6.07, 6.45) is 1.70. The number of amides is 2. The highest BCUT2D eigenvalue weighted by Gasteiger charge is 2.35. The molecule has 0 aliphatic carbocycles. The van der Waals surface area contributed by atoms with Gasteiger partial charge in [-0.2, -0.15) is 0 Å². The second kappa shape index (κ2) is 6.37. The Balaban J connectivity index is 1.65. The molecule has 0 aromatic carbocycles. The molecule has 0 spiro atoms. The van der Waals surface area contributed by atoms with Crippen LogP contribution in [0, 0.1) is 17.8 Å². The first-order valence-corrected chi connectivity index (χ1v) is 7.22. The number of hydrogen-bond donors (Lipinski definition) is 1. The van der Waals surface area contributed by atoms with Gasteiger partial charge in [0, 0.05) is 50.6 Å². The van der Waals surface area contributed by atoms with Crippen LogP contribution in [-0.4, -0.2) is 49.6 Å². The van der Waals surface area contributed by atoms with E-state index in [0.29, 0.717) is 25.7 Å². The summed E-state index contributed by atoms with van der Waals surface area (Å²) in [6, 6.07) is 0. The van der Waals surface area contributed by atoms with Crippen molar-refractivity contribution in [2.45, 2.75) is 26.7 Å². The third-order valence-electron chi connectivity index (χ3n) is 3.93. The van der Waals surface area contributed by atoms with Gasteiger partial charge < -0.3 is 15.0 Å². The maximum atomic E-state index is 12.2. The van der Waals surface area contributed by atoms with E-state index < -0.39 is 0 Å². The number of hydrogen-bond acceptors (Lipinski definition) is 3. The van der Waals surface area contributed by atoms with Gasteiger partial charge in [0.2, 0.25) is 11.8 Å². The Kier molecular flexibility index (Phi) is 4.80. The fourth-order valence-corrected chi connectivity index (χ4v) is 2.53. The Labute approximate surface area is 114 Å². The number of nitrogens with zero attached hydrogens (tertiary/aromatic N) is 1. The zero-order chi connectivity index (χ0) is 13.8. The largest absolute Gasteiger partial charge is 0.381 e. The minimum atomic E-state index is 0.0278. The van der Waals surface area contributed by atoms with Gasteiger partial charge in [-0.05, 0) is 12.8 Å². The van der Waals surface area contributed by atoms with E-state index in [-0.39, 0.29) is 23.7 Å². The smallest absolute Gasteiger partial charge is 0.225 e. The van der Waals surface area contributed by atoms with Crippen molar-refractivity contribution in [3.05, 3.63) is 0 Å². The molecule has 2 aliphatic heterocycles. The molecule has 0 radical (unpaired) electrons. The lowest BCUT2D eigenvalue weighted by atomic mass is 9.93. The van der Waals surface area contributed by atoms with E-state index in [4.69, 9.17) is 4.74 Å². The van der Waals surface area contributed by atoms with Gasteiger partial charge in [0.15, 0.2) is 0 Å². The number of carbonyl (C=O) groups excluding carboxylic acids is 2. The summed E-state index contributed by atoms with van der Waals surface area (Å²) < 4.78 is 5.27. The molecule has 0 unspecified atom stereocenters. The lowest BCUT2D eigenvalue weighted by Gasteiger charge is -2.41. The molecule has 0 aromatic rings. The molecule has 5 nitrogen and oxygen atoms in total. The first kappa shape index (κ1) is 14.3. The van der Waals surface area contributed by atoms with Gasteiger partial charge in [0.05, 0.1) is 0 Å². The van der Waals surface area contributed by atoms with Crippen molar-refractivity contribution in [3.8, 4) is 0 Å². The van der Waals surface area contributed by atoms with Crippen molar-refractivity contribution in [2.75, 3.05) is 32.8 Å². The quantitative estimate of drug-likeness (QED) is 0.814. The molecule has 0 saturated carbocycles. The second-order valence-electron chi connectivity index (χ2n) is 5.90. The zero-order valence-electron chi connectivity index (χ0n) is 11.9. The van der Waals surface area contributed by atoms with E-state index in [2.05, 4.69) is 5.32 Å². The van der Waals surface area contributed by atoms with Crippen molar-refractivity contribution >= 4 is 11.8 Å². The highest BCUT2D eigenvalue weighted by atomic mass is 16.5. The Bertz CT molecular complexity index is 332. The lowest BCUT2D eigenvalue weighted by Crippen LogP contribution is -2.55. The van der Waals surface area contributed by atoms with Gasteiger partial charge >= 0.3 is 0 Å². The van der Waals surface area contributed by atoms with Crippen molar-refractivity contribution < 1.29 is 14.3 Å². The first-order valence-electron chi connectivity index (χ1n) is 7.22. The Morgan fingerprint density at radius 3 is 2.47 bits per heavy atom. The highest BCUT2D eigenvalue weighted by Crippen LogP contribution is 2.23. The standard InChI is InChI=1S/C14H24N2O3/c1-10(2)13(17)15-7-11-8-16(9-11)14(18)12-3-5-19-6-4-12/h10-12H,3-9H2,1-2H3,(H,15,17). The molecule has 2 heterocycles. The van der Waals surface area contributed by atoms with Crippen LogP contribution in [0.25, 0.3) is 0 Å². The van der Waals surface area contributed by atoms with Crippen molar-refractivity contribution in [1.82, 2.24) is 10.2 Å². The van der Waals surface area contributed by atoms with Gasteiger partial charge in [0.25, 0.3) is 0 Å². The SMILES string of the molecule is CC(C)C(=O)NCC1CN(C(=O)C2CCOCC2)C1. The van der Waals surface area contributed by atoms with Crippen LogP contribution >= 0.6 is 0 Å². The van der Waals surface area contributed by atoms with Crippen LogP contribution in [0.2, 0.25) is 0 Å². The maximum absolute atomic E-state index is 12.2. The minimum Gasteiger partial charge on any atom is -0.381 e. The fourth-order valence-electron chi connectivity index (χ4n) is 2.53. The number of rotatable bonds is 4. The zero-order valence-corrected chi connectivity index (χ0v) is 11.9. The predicted octanol–water partition coefficient (Wildman–Crippen LogP) is 0.644. The second-order valence-corrected chi connectivity index (χ2v) is 5.90. The molecule has 0 atom stereocenters. The third-order valence-corrected chi connectivity index (χ3v) is 3.93. The fraction of sp³-hybridized carbons (Fsp3) is 0.857. The van der Waals surface area contributed by atoms with Gasteiger partial charge in [-0.25, -0.2) is 0 Å². The number of ether oxygens (including phenoxy) is 1. The van der Waals surface area contributed by atoms with E-state index in [1.54, 1.807) is 0 Å². The van der Waals surface area contributed by atoms with Crippen LogP contribution < -0.4 is 5.32 Å². The number of nitrogens with one attached hydrogen (secondary N) is 1. The van der Waals surface area contributed by atoms with Crippen LogP contribution in [-0.2, 0) is 14.3 Å². The summed E-state index contributed by atoms with van der Waals surface area (Å²) >= 11 is 0. The van der Waals surface area contributed by atoms with Crippen LogP contribution in [0.15, 0.2) is 0 Å². The van der Waals surface area contributed by atoms with Crippen LogP contribution in [0.5, 0.6) is 0 Å².